The van der Waals surface area contributed by atoms with Crippen LogP contribution in [-0.2, 0) is 16.4 Å². The molecule has 0 bridgehead atoms. The fraction of sp³-hybridized carbons (Fsp3) is 0.636. The normalized spacial score (nSPS) is 22.5. The lowest BCUT2D eigenvalue weighted by molar-refractivity contribution is 0.00578. The fourth-order valence-electron chi connectivity index (χ4n) is 1.59. The third kappa shape index (κ3) is 2.28. The molecule has 1 fully saturated rings. The maximum Gasteiger partial charge on any atom is 0.487 e. The van der Waals surface area contributed by atoms with E-state index in [1.807, 2.05) is 46.8 Å². The second-order valence-corrected chi connectivity index (χ2v) is 5.27. The van der Waals surface area contributed by atoms with E-state index in [1.54, 1.807) is 10.9 Å². The summed E-state index contributed by atoms with van der Waals surface area (Å²) in [5.41, 5.74) is 0.319. The average Bonchev–Trinajstić information content (AvgIpc) is 2.66. The topological polar surface area (TPSA) is 49.2 Å². The predicted octanol–water partition coefficient (Wildman–Crippen LogP) is 1.46. The van der Waals surface area contributed by atoms with Crippen molar-refractivity contribution in [1.82, 2.24) is 15.0 Å². The van der Waals surface area contributed by atoms with Crippen molar-refractivity contribution in [3.05, 3.63) is 17.9 Å². The van der Waals surface area contributed by atoms with Crippen LogP contribution in [-0.4, -0.2) is 33.3 Å². The molecule has 0 aromatic carbocycles. The van der Waals surface area contributed by atoms with Gasteiger partial charge >= 0.3 is 7.12 Å². The molecular weight excluding hydrogens is 217 g/mol. The Morgan fingerprint density at radius 3 is 2.29 bits per heavy atom. The van der Waals surface area contributed by atoms with Crippen molar-refractivity contribution >= 4 is 13.2 Å². The van der Waals surface area contributed by atoms with Crippen LogP contribution in [0.25, 0.3) is 6.08 Å². The van der Waals surface area contributed by atoms with Crippen LogP contribution in [0.15, 0.2) is 12.2 Å². The predicted molar refractivity (Wildman–Crippen MR) is 66.1 cm³/mol. The lowest BCUT2D eigenvalue weighted by atomic mass is 9.90. The Morgan fingerprint density at radius 2 is 1.82 bits per heavy atom. The largest absolute Gasteiger partial charge is 0.487 e. The summed E-state index contributed by atoms with van der Waals surface area (Å²) < 4.78 is 13.4. The Kier molecular flexibility index (Phi) is 2.87. The van der Waals surface area contributed by atoms with E-state index in [2.05, 4.69) is 10.3 Å². The summed E-state index contributed by atoms with van der Waals surface area (Å²) in [5.74, 6) is 1.88. The van der Waals surface area contributed by atoms with Gasteiger partial charge in [-0.3, -0.25) is 0 Å². The van der Waals surface area contributed by atoms with Crippen molar-refractivity contribution in [2.45, 2.75) is 38.9 Å². The van der Waals surface area contributed by atoms with E-state index in [1.165, 1.54) is 0 Å². The molecule has 0 saturated carbocycles. The molecule has 0 radical (unpaired) electrons. The lowest BCUT2D eigenvalue weighted by Crippen LogP contribution is -2.41. The Bertz CT molecular complexity index is 424. The molecule has 0 spiro atoms. The maximum atomic E-state index is 5.84. The van der Waals surface area contributed by atoms with E-state index >= 15 is 0 Å². The van der Waals surface area contributed by atoms with E-state index in [9.17, 15) is 0 Å². The number of rotatable bonds is 2. The number of hydrogen-bond donors (Lipinski definition) is 0. The Morgan fingerprint density at radius 1 is 1.24 bits per heavy atom. The monoisotopic (exact) mass is 235 g/mol. The second kappa shape index (κ2) is 3.96. The maximum absolute atomic E-state index is 5.84. The summed E-state index contributed by atoms with van der Waals surface area (Å²) in [7, 11) is 1.52. The van der Waals surface area contributed by atoms with Crippen molar-refractivity contribution in [1.29, 1.82) is 0 Å². The molecule has 1 aromatic rings. The summed E-state index contributed by atoms with van der Waals surface area (Å²) in [6, 6.07) is 0. The molecule has 0 amide bonds. The second-order valence-electron chi connectivity index (χ2n) is 5.27. The molecule has 2 rings (SSSR count). The molecule has 6 heteroatoms. The minimum Gasteiger partial charge on any atom is -0.400 e. The first-order valence-electron chi connectivity index (χ1n) is 5.70. The minimum atomic E-state index is -0.324. The van der Waals surface area contributed by atoms with E-state index in [0.717, 1.165) is 5.69 Å². The van der Waals surface area contributed by atoms with Crippen molar-refractivity contribution < 1.29 is 9.31 Å². The summed E-state index contributed by atoms with van der Waals surface area (Å²) >= 11 is 0. The number of aromatic nitrogens is 3. The van der Waals surface area contributed by atoms with Gasteiger partial charge < -0.3 is 9.31 Å². The van der Waals surface area contributed by atoms with Crippen LogP contribution in [0.2, 0.25) is 0 Å². The van der Waals surface area contributed by atoms with Gasteiger partial charge in [-0.15, -0.1) is 5.10 Å². The average molecular weight is 235 g/mol. The van der Waals surface area contributed by atoms with Crippen molar-refractivity contribution in [3.63, 3.8) is 0 Å². The van der Waals surface area contributed by atoms with Gasteiger partial charge in [-0.2, -0.15) is 0 Å². The Hall–Kier alpha value is -1.14. The standard InChI is InChI=1S/C11H18BN3O2/c1-10(2)11(3,4)17-12(16-10)7-6-9-8-13-14-15(9)5/h6-8H,1-5H3/b7-6+. The highest BCUT2D eigenvalue weighted by molar-refractivity contribution is 6.52. The first-order valence-corrected chi connectivity index (χ1v) is 5.70. The molecule has 1 saturated heterocycles. The molecule has 0 atom stereocenters. The first kappa shape index (κ1) is 12.3. The number of nitrogens with zero attached hydrogens (tertiary/aromatic N) is 3. The zero-order valence-corrected chi connectivity index (χ0v) is 11.0. The molecule has 1 aliphatic heterocycles. The first-order chi connectivity index (χ1) is 7.82. The Labute approximate surface area is 102 Å². The SMILES string of the molecule is Cn1nncc1/C=C/B1OC(C)(C)C(C)(C)O1. The number of hydrogen-bond acceptors (Lipinski definition) is 4. The van der Waals surface area contributed by atoms with Gasteiger partial charge in [0.25, 0.3) is 0 Å². The van der Waals surface area contributed by atoms with Gasteiger partial charge in [-0.25, -0.2) is 4.68 Å². The van der Waals surface area contributed by atoms with Crippen LogP contribution in [0.4, 0.5) is 0 Å². The van der Waals surface area contributed by atoms with Gasteiger partial charge in [0.05, 0.1) is 23.1 Å². The van der Waals surface area contributed by atoms with E-state index in [4.69, 9.17) is 9.31 Å². The van der Waals surface area contributed by atoms with Gasteiger partial charge in [-0.05, 0) is 33.8 Å². The molecule has 17 heavy (non-hydrogen) atoms. The van der Waals surface area contributed by atoms with Crippen LogP contribution in [0.1, 0.15) is 33.4 Å². The fourth-order valence-corrected chi connectivity index (χ4v) is 1.59. The van der Waals surface area contributed by atoms with Crippen LogP contribution in [0.3, 0.4) is 0 Å². The van der Waals surface area contributed by atoms with Crippen LogP contribution >= 0.6 is 0 Å². The van der Waals surface area contributed by atoms with Crippen LogP contribution < -0.4 is 0 Å². The summed E-state index contributed by atoms with van der Waals surface area (Å²) in [4.78, 5) is 0. The minimum absolute atomic E-state index is 0.299. The van der Waals surface area contributed by atoms with Crippen LogP contribution in [0, 0.1) is 0 Å². The van der Waals surface area contributed by atoms with Gasteiger partial charge in [0, 0.05) is 7.05 Å². The highest BCUT2D eigenvalue weighted by Crippen LogP contribution is 2.36. The molecule has 92 valence electrons. The molecule has 0 unspecified atom stereocenters. The highest BCUT2D eigenvalue weighted by atomic mass is 16.7. The van der Waals surface area contributed by atoms with E-state index in [-0.39, 0.29) is 18.3 Å². The molecule has 0 N–H and O–H groups in total. The molecule has 0 aliphatic carbocycles. The van der Waals surface area contributed by atoms with Crippen molar-refractivity contribution in [2.24, 2.45) is 7.05 Å². The molecule has 1 aliphatic rings. The third-order valence-electron chi connectivity index (χ3n) is 3.45. The van der Waals surface area contributed by atoms with E-state index < -0.39 is 0 Å². The van der Waals surface area contributed by atoms with Crippen LogP contribution in [0.5, 0.6) is 0 Å². The van der Waals surface area contributed by atoms with Gasteiger partial charge in [0.2, 0.25) is 0 Å². The smallest absolute Gasteiger partial charge is 0.400 e. The Balaban J connectivity index is 2.08. The zero-order valence-electron chi connectivity index (χ0n) is 11.0. The van der Waals surface area contributed by atoms with Gasteiger partial charge in [0.15, 0.2) is 0 Å². The summed E-state index contributed by atoms with van der Waals surface area (Å²) in [6.45, 7) is 8.14. The lowest BCUT2D eigenvalue weighted by Gasteiger charge is -2.32. The molecule has 1 aromatic heterocycles. The highest BCUT2D eigenvalue weighted by Gasteiger charge is 2.49. The molecular formula is C11H18BN3O2. The van der Waals surface area contributed by atoms with Crippen molar-refractivity contribution in [2.75, 3.05) is 0 Å². The third-order valence-corrected chi connectivity index (χ3v) is 3.45. The zero-order chi connectivity index (χ0) is 12.7. The molecule has 5 nitrogen and oxygen atoms in total. The molecule has 2 heterocycles. The quantitative estimate of drug-likeness (QED) is 0.728. The van der Waals surface area contributed by atoms with Gasteiger partial charge in [-0.1, -0.05) is 11.2 Å². The number of aryl methyl sites for hydroxylation is 1. The van der Waals surface area contributed by atoms with Crippen molar-refractivity contribution in [3.8, 4) is 0 Å². The van der Waals surface area contributed by atoms with E-state index in [0.29, 0.717) is 0 Å². The summed E-state index contributed by atoms with van der Waals surface area (Å²) in [6.07, 6.45) is 3.60. The summed E-state index contributed by atoms with van der Waals surface area (Å²) in [5, 5.41) is 7.66. The van der Waals surface area contributed by atoms with Gasteiger partial charge in [0.1, 0.15) is 0 Å².